The second-order valence-corrected chi connectivity index (χ2v) is 5.04. The predicted octanol–water partition coefficient (Wildman–Crippen LogP) is 4.50. The van der Waals surface area contributed by atoms with E-state index >= 15 is 0 Å². The monoisotopic (exact) mass is 279 g/mol. The Labute approximate surface area is 118 Å². The molecule has 0 fully saturated rings. The van der Waals surface area contributed by atoms with Crippen molar-refractivity contribution in [3.05, 3.63) is 69.7 Å². The molecule has 18 heavy (non-hydrogen) atoms. The van der Waals surface area contributed by atoms with E-state index in [9.17, 15) is 0 Å². The van der Waals surface area contributed by atoms with Gasteiger partial charge in [0.1, 0.15) is 0 Å². The summed E-state index contributed by atoms with van der Waals surface area (Å²) >= 11 is 12.2. The Balaban J connectivity index is 2.23. The molecule has 1 N–H and O–H groups in total. The van der Waals surface area contributed by atoms with E-state index in [-0.39, 0.29) is 6.04 Å². The maximum atomic E-state index is 6.20. The standard InChI is InChI=1S/C15H15Cl2N/c1-18-15(11-5-3-2-4-6-11)10-12-9-13(16)7-8-14(12)17/h2-9,15,18H,10H2,1H3. The second-order valence-electron chi connectivity index (χ2n) is 4.19. The average molecular weight is 280 g/mol. The van der Waals surface area contributed by atoms with Gasteiger partial charge in [0.2, 0.25) is 0 Å². The van der Waals surface area contributed by atoms with Gasteiger partial charge in [-0.2, -0.15) is 0 Å². The van der Waals surface area contributed by atoms with Crippen LogP contribution in [-0.4, -0.2) is 7.05 Å². The van der Waals surface area contributed by atoms with Crippen molar-refractivity contribution in [2.24, 2.45) is 0 Å². The van der Waals surface area contributed by atoms with Gasteiger partial charge in [0, 0.05) is 16.1 Å². The molecule has 2 aromatic carbocycles. The highest BCUT2D eigenvalue weighted by Gasteiger charge is 2.12. The van der Waals surface area contributed by atoms with E-state index < -0.39 is 0 Å². The molecule has 0 bridgehead atoms. The zero-order chi connectivity index (χ0) is 13.0. The topological polar surface area (TPSA) is 12.0 Å². The minimum absolute atomic E-state index is 0.238. The van der Waals surface area contributed by atoms with Crippen molar-refractivity contribution in [1.82, 2.24) is 5.32 Å². The highest BCUT2D eigenvalue weighted by atomic mass is 35.5. The Morgan fingerprint density at radius 1 is 1.06 bits per heavy atom. The van der Waals surface area contributed by atoms with Crippen LogP contribution in [0.1, 0.15) is 17.2 Å². The fourth-order valence-corrected chi connectivity index (χ4v) is 2.38. The number of halogens is 2. The van der Waals surface area contributed by atoms with Crippen molar-refractivity contribution < 1.29 is 0 Å². The molecular formula is C15H15Cl2N. The molecule has 1 unspecified atom stereocenters. The smallest absolute Gasteiger partial charge is 0.0439 e. The summed E-state index contributed by atoms with van der Waals surface area (Å²) < 4.78 is 0. The van der Waals surface area contributed by atoms with Gasteiger partial charge in [0.25, 0.3) is 0 Å². The Hall–Kier alpha value is -1.02. The van der Waals surface area contributed by atoms with Crippen LogP contribution in [-0.2, 0) is 6.42 Å². The number of likely N-dealkylation sites (N-methyl/N-ethyl adjacent to an activating group) is 1. The van der Waals surface area contributed by atoms with Gasteiger partial charge in [-0.1, -0.05) is 53.5 Å². The summed E-state index contributed by atoms with van der Waals surface area (Å²) in [6, 6.07) is 16.1. The number of hydrogen-bond acceptors (Lipinski definition) is 1. The predicted molar refractivity (Wildman–Crippen MR) is 78.4 cm³/mol. The average Bonchev–Trinajstić information content (AvgIpc) is 2.41. The normalized spacial score (nSPS) is 12.4. The molecule has 0 radical (unpaired) electrons. The lowest BCUT2D eigenvalue weighted by Crippen LogP contribution is -2.18. The fourth-order valence-electron chi connectivity index (χ4n) is 1.99. The molecule has 1 nitrogen and oxygen atoms in total. The molecule has 0 amide bonds. The molecule has 2 aromatic rings. The van der Waals surface area contributed by atoms with Crippen LogP contribution in [0.4, 0.5) is 0 Å². The number of hydrogen-bond donors (Lipinski definition) is 1. The molecule has 2 rings (SSSR count). The number of rotatable bonds is 4. The fraction of sp³-hybridized carbons (Fsp3) is 0.200. The molecule has 0 aliphatic heterocycles. The number of benzene rings is 2. The SMILES string of the molecule is CNC(Cc1cc(Cl)ccc1Cl)c1ccccc1. The summed E-state index contributed by atoms with van der Waals surface area (Å²) in [7, 11) is 1.95. The van der Waals surface area contributed by atoms with Gasteiger partial charge < -0.3 is 5.32 Å². The molecular weight excluding hydrogens is 265 g/mol. The van der Waals surface area contributed by atoms with Crippen molar-refractivity contribution in [2.45, 2.75) is 12.5 Å². The summed E-state index contributed by atoms with van der Waals surface area (Å²) in [4.78, 5) is 0. The lowest BCUT2D eigenvalue weighted by atomic mass is 9.99. The van der Waals surface area contributed by atoms with Crippen LogP contribution in [0.5, 0.6) is 0 Å². The van der Waals surface area contributed by atoms with E-state index in [1.54, 1.807) is 0 Å². The Bertz CT molecular complexity index is 511. The Kier molecular flexibility index (Phi) is 4.65. The molecule has 3 heteroatoms. The Morgan fingerprint density at radius 2 is 1.78 bits per heavy atom. The van der Waals surface area contributed by atoms with Crippen LogP contribution in [0.25, 0.3) is 0 Å². The van der Waals surface area contributed by atoms with Gasteiger partial charge in [0.05, 0.1) is 0 Å². The van der Waals surface area contributed by atoms with Gasteiger partial charge in [-0.3, -0.25) is 0 Å². The summed E-state index contributed by atoms with van der Waals surface area (Å²) in [6.45, 7) is 0. The van der Waals surface area contributed by atoms with Crippen LogP contribution in [0.3, 0.4) is 0 Å². The third kappa shape index (κ3) is 3.26. The Morgan fingerprint density at radius 3 is 2.44 bits per heavy atom. The van der Waals surface area contributed by atoms with Crippen molar-refractivity contribution in [1.29, 1.82) is 0 Å². The third-order valence-electron chi connectivity index (χ3n) is 2.98. The van der Waals surface area contributed by atoms with Crippen LogP contribution in [0.15, 0.2) is 48.5 Å². The van der Waals surface area contributed by atoms with Gasteiger partial charge in [-0.25, -0.2) is 0 Å². The van der Waals surface area contributed by atoms with E-state index in [4.69, 9.17) is 23.2 Å². The third-order valence-corrected chi connectivity index (χ3v) is 3.59. The van der Waals surface area contributed by atoms with E-state index in [0.717, 1.165) is 22.0 Å². The van der Waals surface area contributed by atoms with Crippen molar-refractivity contribution in [2.75, 3.05) is 7.05 Å². The molecule has 94 valence electrons. The largest absolute Gasteiger partial charge is 0.313 e. The summed E-state index contributed by atoms with van der Waals surface area (Å²) in [6.07, 6.45) is 0.819. The molecule has 0 heterocycles. The van der Waals surface area contributed by atoms with E-state index in [1.165, 1.54) is 5.56 Å². The first-order valence-electron chi connectivity index (χ1n) is 5.87. The summed E-state index contributed by atoms with van der Waals surface area (Å²) in [5.74, 6) is 0. The molecule has 0 spiro atoms. The van der Waals surface area contributed by atoms with Crippen LogP contribution >= 0.6 is 23.2 Å². The molecule has 0 aliphatic rings. The molecule has 1 atom stereocenters. The highest BCUT2D eigenvalue weighted by Crippen LogP contribution is 2.26. The minimum Gasteiger partial charge on any atom is -0.313 e. The maximum Gasteiger partial charge on any atom is 0.0439 e. The van der Waals surface area contributed by atoms with Crippen molar-refractivity contribution in [3.8, 4) is 0 Å². The van der Waals surface area contributed by atoms with E-state index in [0.29, 0.717) is 0 Å². The van der Waals surface area contributed by atoms with E-state index in [1.807, 2.05) is 43.4 Å². The van der Waals surface area contributed by atoms with E-state index in [2.05, 4.69) is 17.4 Å². The van der Waals surface area contributed by atoms with Gasteiger partial charge >= 0.3 is 0 Å². The first-order chi connectivity index (χ1) is 8.70. The zero-order valence-corrected chi connectivity index (χ0v) is 11.7. The quantitative estimate of drug-likeness (QED) is 0.869. The lowest BCUT2D eigenvalue weighted by molar-refractivity contribution is 0.592. The molecule has 0 aliphatic carbocycles. The van der Waals surface area contributed by atoms with Gasteiger partial charge in [0.15, 0.2) is 0 Å². The second kappa shape index (κ2) is 6.24. The molecule has 0 saturated heterocycles. The summed E-state index contributed by atoms with van der Waals surface area (Å²) in [5, 5.41) is 4.79. The van der Waals surface area contributed by atoms with Crippen LogP contribution in [0.2, 0.25) is 10.0 Å². The lowest BCUT2D eigenvalue weighted by Gasteiger charge is -2.17. The minimum atomic E-state index is 0.238. The van der Waals surface area contributed by atoms with Crippen molar-refractivity contribution >= 4 is 23.2 Å². The molecule has 0 aromatic heterocycles. The highest BCUT2D eigenvalue weighted by molar-refractivity contribution is 6.33. The molecule has 0 saturated carbocycles. The first-order valence-corrected chi connectivity index (χ1v) is 6.62. The van der Waals surface area contributed by atoms with Crippen molar-refractivity contribution in [3.63, 3.8) is 0 Å². The van der Waals surface area contributed by atoms with Gasteiger partial charge in [-0.15, -0.1) is 0 Å². The maximum absolute atomic E-state index is 6.20. The number of nitrogens with one attached hydrogen (secondary N) is 1. The zero-order valence-electron chi connectivity index (χ0n) is 10.2. The van der Waals surface area contributed by atoms with Gasteiger partial charge in [-0.05, 0) is 42.8 Å². The first kappa shape index (κ1) is 13.4. The van der Waals surface area contributed by atoms with Crippen LogP contribution < -0.4 is 5.32 Å². The summed E-state index contributed by atoms with van der Waals surface area (Å²) in [5.41, 5.74) is 2.31. The van der Waals surface area contributed by atoms with Crippen LogP contribution in [0, 0.1) is 0 Å².